The molecule has 0 bridgehead atoms. The Morgan fingerprint density at radius 1 is 1.42 bits per heavy atom. The summed E-state index contributed by atoms with van der Waals surface area (Å²) in [6, 6.07) is 1.71. The van der Waals surface area contributed by atoms with Crippen LogP contribution < -0.4 is 0 Å². The molecule has 7 nitrogen and oxygen atoms in total. The summed E-state index contributed by atoms with van der Waals surface area (Å²) in [5, 5.41) is 5.14. The lowest BCUT2D eigenvalue weighted by atomic mass is 10.1. The Kier molecular flexibility index (Phi) is 4.11. The Hall–Kier alpha value is -1.96. The van der Waals surface area contributed by atoms with Gasteiger partial charge < -0.3 is 4.90 Å². The van der Waals surface area contributed by atoms with Crippen LogP contribution in [0.4, 0.5) is 0 Å². The van der Waals surface area contributed by atoms with E-state index in [0.717, 1.165) is 11.0 Å². The maximum absolute atomic E-state index is 12.8. The summed E-state index contributed by atoms with van der Waals surface area (Å²) in [5.41, 5.74) is 1.88. The van der Waals surface area contributed by atoms with Crippen molar-refractivity contribution in [3.8, 4) is 0 Å². The van der Waals surface area contributed by atoms with Crippen molar-refractivity contribution in [1.29, 1.82) is 0 Å². The molecule has 1 saturated heterocycles. The van der Waals surface area contributed by atoms with Gasteiger partial charge in [-0.25, -0.2) is 18.1 Å². The minimum absolute atomic E-state index is 0.0369. The van der Waals surface area contributed by atoms with Crippen LogP contribution in [0.3, 0.4) is 0 Å². The number of nitrogens with zero attached hydrogens (tertiary/aromatic N) is 4. The molecule has 1 atom stereocenters. The molecule has 0 unspecified atom stereocenters. The van der Waals surface area contributed by atoms with Crippen LogP contribution >= 0.6 is 0 Å². The zero-order valence-corrected chi connectivity index (χ0v) is 15.2. The van der Waals surface area contributed by atoms with E-state index in [1.807, 2.05) is 18.5 Å². The van der Waals surface area contributed by atoms with E-state index in [1.54, 1.807) is 26.2 Å². The third kappa shape index (κ3) is 2.90. The Bertz CT molecular complexity index is 901. The number of carbonyl (C=O) groups excluding carboxylic acids is 1. The maximum atomic E-state index is 12.8. The van der Waals surface area contributed by atoms with Gasteiger partial charge in [0.25, 0.3) is 5.91 Å². The van der Waals surface area contributed by atoms with E-state index in [1.165, 1.54) is 4.90 Å². The summed E-state index contributed by atoms with van der Waals surface area (Å²) in [5.74, 6) is -0.0107. The van der Waals surface area contributed by atoms with Crippen LogP contribution in [-0.4, -0.2) is 58.6 Å². The fourth-order valence-electron chi connectivity index (χ4n) is 3.10. The molecule has 0 spiro atoms. The lowest BCUT2D eigenvalue weighted by Crippen LogP contribution is -2.38. The third-order valence-corrected chi connectivity index (χ3v) is 6.31. The van der Waals surface area contributed by atoms with Crippen LogP contribution in [0.25, 0.3) is 11.0 Å². The molecule has 1 aliphatic heterocycles. The van der Waals surface area contributed by atoms with Crippen molar-refractivity contribution in [3.05, 3.63) is 23.5 Å². The first-order chi connectivity index (χ1) is 11.2. The van der Waals surface area contributed by atoms with Gasteiger partial charge in [-0.05, 0) is 33.3 Å². The highest BCUT2D eigenvalue weighted by molar-refractivity contribution is 7.91. The number of aromatic nitrogens is 3. The van der Waals surface area contributed by atoms with Crippen LogP contribution in [0.2, 0.25) is 0 Å². The van der Waals surface area contributed by atoms with E-state index in [9.17, 15) is 13.2 Å². The first-order valence-corrected chi connectivity index (χ1v) is 9.84. The van der Waals surface area contributed by atoms with Crippen molar-refractivity contribution in [1.82, 2.24) is 19.7 Å². The molecule has 1 aliphatic rings. The SMILES string of the molecule is Cc1nc2c(cnn2C(C)C)cc1C(=O)N(C)[C@@H]1CCS(=O)(=O)C1. The minimum Gasteiger partial charge on any atom is -0.338 e. The molecule has 0 aliphatic carbocycles. The molecule has 2 aromatic rings. The summed E-state index contributed by atoms with van der Waals surface area (Å²) in [6.45, 7) is 5.84. The fraction of sp³-hybridized carbons (Fsp3) is 0.562. The zero-order valence-electron chi connectivity index (χ0n) is 14.4. The van der Waals surface area contributed by atoms with E-state index in [4.69, 9.17) is 0 Å². The van der Waals surface area contributed by atoms with Gasteiger partial charge >= 0.3 is 0 Å². The molecule has 0 radical (unpaired) electrons. The van der Waals surface area contributed by atoms with Crippen LogP contribution in [0, 0.1) is 6.92 Å². The topological polar surface area (TPSA) is 85.2 Å². The van der Waals surface area contributed by atoms with Gasteiger partial charge in [0.2, 0.25) is 0 Å². The second-order valence-corrected chi connectivity index (χ2v) is 8.92. The monoisotopic (exact) mass is 350 g/mol. The largest absolute Gasteiger partial charge is 0.338 e. The van der Waals surface area contributed by atoms with Crippen molar-refractivity contribution < 1.29 is 13.2 Å². The number of aryl methyl sites for hydroxylation is 1. The van der Waals surface area contributed by atoms with Gasteiger partial charge in [-0.15, -0.1) is 0 Å². The summed E-state index contributed by atoms with van der Waals surface area (Å²) in [4.78, 5) is 18.9. The number of carbonyl (C=O) groups is 1. The van der Waals surface area contributed by atoms with Crippen molar-refractivity contribution in [3.63, 3.8) is 0 Å². The van der Waals surface area contributed by atoms with Gasteiger partial charge in [0.15, 0.2) is 15.5 Å². The highest BCUT2D eigenvalue weighted by Crippen LogP contribution is 2.23. The van der Waals surface area contributed by atoms with Crippen molar-refractivity contribution in [2.24, 2.45) is 0 Å². The average molecular weight is 350 g/mol. The molecule has 2 aromatic heterocycles. The average Bonchev–Trinajstić information content (AvgIpc) is 3.07. The third-order valence-electron chi connectivity index (χ3n) is 4.56. The predicted molar refractivity (Wildman–Crippen MR) is 91.8 cm³/mol. The molecule has 24 heavy (non-hydrogen) atoms. The van der Waals surface area contributed by atoms with E-state index in [0.29, 0.717) is 17.7 Å². The van der Waals surface area contributed by atoms with E-state index in [2.05, 4.69) is 10.1 Å². The van der Waals surface area contributed by atoms with Gasteiger partial charge in [-0.2, -0.15) is 5.10 Å². The Labute approximate surface area is 141 Å². The number of sulfone groups is 1. The van der Waals surface area contributed by atoms with E-state index in [-0.39, 0.29) is 29.5 Å². The highest BCUT2D eigenvalue weighted by Gasteiger charge is 2.33. The Morgan fingerprint density at radius 3 is 2.71 bits per heavy atom. The highest BCUT2D eigenvalue weighted by atomic mass is 32.2. The molecule has 0 aromatic carbocycles. The lowest BCUT2D eigenvalue weighted by molar-refractivity contribution is 0.0746. The van der Waals surface area contributed by atoms with Crippen LogP contribution in [0.1, 0.15) is 42.4 Å². The second kappa shape index (κ2) is 5.84. The molecular weight excluding hydrogens is 328 g/mol. The van der Waals surface area contributed by atoms with Gasteiger partial charge in [0.1, 0.15) is 0 Å². The number of rotatable bonds is 3. The fourth-order valence-corrected chi connectivity index (χ4v) is 4.87. The van der Waals surface area contributed by atoms with Gasteiger partial charge in [0, 0.05) is 24.5 Å². The number of hydrogen-bond acceptors (Lipinski definition) is 5. The quantitative estimate of drug-likeness (QED) is 0.839. The summed E-state index contributed by atoms with van der Waals surface area (Å²) < 4.78 is 25.1. The molecule has 1 fully saturated rings. The summed E-state index contributed by atoms with van der Waals surface area (Å²) >= 11 is 0. The predicted octanol–water partition coefficient (Wildman–Crippen LogP) is 1.58. The molecule has 1 amide bonds. The molecule has 8 heteroatoms. The summed E-state index contributed by atoms with van der Waals surface area (Å²) in [7, 11) is -1.37. The van der Waals surface area contributed by atoms with Crippen LogP contribution in [0.15, 0.2) is 12.3 Å². The molecule has 3 heterocycles. The molecule has 3 rings (SSSR count). The van der Waals surface area contributed by atoms with Crippen LogP contribution in [-0.2, 0) is 9.84 Å². The van der Waals surface area contributed by atoms with E-state index < -0.39 is 9.84 Å². The van der Waals surface area contributed by atoms with Gasteiger partial charge in [0.05, 0.1) is 29.0 Å². The number of pyridine rings is 1. The minimum atomic E-state index is -3.03. The standard InChI is InChI=1S/C16H22N4O3S/c1-10(2)20-15-12(8-17-20)7-14(11(3)18-15)16(21)19(4)13-5-6-24(22,23)9-13/h7-8,10,13H,5-6,9H2,1-4H3/t13-/m1/s1. The second-order valence-electron chi connectivity index (χ2n) is 6.69. The van der Waals surface area contributed by atoms with Gasteiger partial charge in [-0.1, -0.05) is 0 Å². The molecule has 0 saturated carbocycles. The molecule has 0 N–H and O–H groups in total. The summed E-state index contributed by atoms with van der Waals surface area (Å²) in [6.07, 6.45) is 2.20. The number of fused-ring (bicyclic) bond motifs is 1. The zero-order chi connectivity index (χ0) is 17.6. The lowest BCUT2D eigenvalue weighted by Gasteiger charge is -2.24. The maximum Gasteiger partial charge on any atom is 0.255 e. The molecular formula is C16H22N4O3S. The first-order valence-electron chi connectivity index (χ1n) is 8.02. The van der Waals surface area contributed by atoms with Crippen LogP contribution in [0.5, 0.6) is 0 Å². The van der Waals surface area contributed by atoms with Gasteiger partial charge in [-0.3, -0.25) is 4.79 Å². The Morgan fingerprint density at radius 2 is 2.12 bits per heavy atom. The van der Waals surface area contributed by atoms with Crippen molar-refractivity contribution in [2.45, 2.75) is 39.3 Å². The number of amides is 1. The van der Waals surface area contributed by atoms with E-state index >= 15 is 0 Å². The van der Waals surface area contributed by atoms with Crippen molar-refractivity contribution in [2.75, 3.05) is 18.6 Å². The Balaban J connectivity index is 1.94. The van der Waals surface area contributed by atoms with Crippen molar-refractivity contribution >= 4 is 26.8 Å². The molecule has 130 valence electrons. The number of hydrogen-bond donors (Lipinski definition) is 0. The smallest absolute Gasteiger partial charge is 0.255 e. The first kappa shape index (κ1) is 16.9. The normalized spacial score (nSPS) is 20.0.